The second-order valence-electron chi connectivity index (χ2n) is 3.17. The van der Waals surface area contributed by atoms with Gasteiger partial charge in [-0.1, -0.05) is 0 Å². The molecule has 0 fully saturated rings. The molecular formula is C9H14N2O3. The number of hydrogen-bond acceptors (Lipinski definition) is 3. The average Bonchev–Trinajstić information content (AvgIpc) is 2.14. The van der Waals surface area contributed by atoms with Gasteiger partial charge in [-0.05, 0) is 32.8 Å². The van der Waals surface area contributed by atoms with Crippen LogP contribution in [-0.2, 0) is 4.74 Å². The third-order valence-corrected chi connectivity index (χ3v) is 1.98. The van der Waals surface area contributed by atoms with Crippen molar-refractivity contribution in [2.75, 3.05) is 0 Å². The Balaban J connectivity index is 2.52. The van der Waals surface area contributed by atoms with Gasteiger partial charge >= 0.3 is 6.09 Å². The van der Waals surface area contributed by atoms with Gasteiger partial charge in [-0.2, -0.15) is 5.10 Å². The van der Waals surface area contributed by atoms with E-state index in [1.807, 2.05) is 18.4 Å². The highest BCUT2D eigenvalue weighted by Crippen LogP contribution is 2.17. The van der Waals surface area contributed by atoms with E-state index in [1.165, 1.54) is 0 Å². The van der Waals surface area contributed by atoms with Gasteiger partial charge < -0.3 is 9.84 Å². The highest BCUT2D eigenvalue weighted by atomic mass is 16.5. The molecule has 5 heteroatoms. The van der Waals surface area contributed by atoms with Crippen LogP contribution in [0.4, 0.5) is 4.79 Å². The van der Waals surface area contributed by atoms with Gasteiger partial charge in [0.1, 0.15) is 6.10 Å². The monoisotopic (exact) mass is 198 g/mol. The number of rotatable bonds is 2. The molecule has 14 heavy (non-hydrogen) atoms. The fourth-order valence-electron chi connectivity index (χ4n) is 1.27. The van der Waals surface area contributed by atoms with E-state index in [-0.39, 0.29) is 6.10 Å². The summed E-state index contributed by atoms with van der Waals surface area (Å²) in [4.78, 5) is 10.2. The van der Waals surface area contributed by atoms with E-state index in [0.29, 0.717) is 5.71 Å². The number of carboxylic acid groups (broad SMARTS) is 1. The normalized spacial score (nSPS) is 22.3. The van der Waals surface area contributed by atoms with Crippen LogP contribution in [0.2, 0.25) is 0 Å². The number of nitrogens with zero attached hydrogens (tertiary/aromatic N) is 1. The molecule has 2 N–H and O–H groups in total. The Bertz CT molecular complexity index is 284. The van der Waals surface area contributed by atoms with Gasteiger partial charge in [0.15, 0.2) is 0 Å². The molecular weight excluding hydrogens is 184 g/mol. The third kappa shape index (κ3) is 3.08. The maximum Gasteiger partial charge on any atom is 0.425 e. The molecule has 0 saturated carbocycles. The second kappa shape index (κ2) is 4.64. The quantitative estimate of drug-likeness (QED) is 0.524. The lowest BCUT2D eigenvalue weighted by Crippen LogP contribution is -2.27. The summed E-state index contributed by atoms with van der Waals surface area (Å²) < 4.78 is 5.48. The number of hydrogen-bond donors (Lipinski definition) is 2. The Hall–Kier alpha value is -1.52. The fourth-order valence-corrected chi connectivity index (χ4v) is 1.27. The van der Waals surface area contributed by atoms with Crippen molar-refractivity contribution in [3.63, 3.8) is 0 Å². The Labute approximate surface area is 82.4 Å². The molecule has 0 bridgehead atoms. The molecule has 0 aromatic heterocycles. The molecule has 0 saturated heterocycles. The maximum atomic E-state index is 10.2. The smallest absolute Gasteiger partial charge is 0.425 e. The summed E-state index contributed by atoms with van der Waals surface area (Å²) in [5, 5.41) is 12.0. The molecule has 5 nitrogen and oxygen atoms in total. The second-order valence-corrected chi connectivity index (χ2v) is 3.17. The zero-order chi connectivity index (χ0) is 10.6. The van der Waals surface area contributed by atoms with Crippen molar-refractivity contribution >= 4 is 11.8 Å². The maximum absolute atomic E-state index is 10.2. The van der Waals surface area contributed by atoms with Crippen LogP contribution in [0.3, 0.4) is 0 Å². The Morgan fingerprint density at radius 1 is 1.79 bits per heavy atom. The first-order valence-corrected chi connectivity index (χ1v) is 4.46. The summed E-state index contributed by atoms with van der Waals surface area (Å²) >= 11 is 0. The van der Waals surface area contributed by atoms with Gasteiger partial charge in [0, 0.05) is 0 Å². The first-order valence-electron chi connectivity index (χ1n) is 4.46. The SMILES string of the molecule is CC1=CCCC(/C(C)=N\NC(=O)O)O1. The predicted molar refractivity (Wildman–Crippen MR) is 52.1 cm³/mol. The van der Waals surface area contributed by atoms with Crippen LogP contribution >= 0.6 is 0 Å². The molecule has 0 aliphatic carbocycles. The van der Waals surface area contributed by atoms with E-state index >= 15 is 0 Å². The topological polar surface area (TPSA) is 70.9 Å². The Morgan fingerprint density at radius 2 is 2.50 bits per heavy atom. The number of hydrazone groups is 1. The van der Waals surface area contributed by atoms with Crippen molar-refractivity contribution in [2.24, 2.45) is 5.10 Å². The van der Waals surface area contributed by atoms with Crippen LogP contribution in [0, 0.1) is 0 Å². The lowest BCUT2D eigenvalue weighted by molar-refractivity contribution is 0.148. The van der Waals surface area contributed by atoms with Crippen LogP contribution in [0.25, 0.3) is 0 Å². The summed E-state index contributed by atoms with van der Waals surface area (Å²) in [7, 11) is 0. The zero-order valence-electron chi connectivity index (χ0n) is 8.28. The number of allylic oxidation sites excluding steroid dienone is 2. The summed E-state index contributed by atoms with van der Waals surface area (Å²) in [6, 6.07) is 0. The van der Waals surface area contributed by atoms with Crippen LogP contribution in [-0.4, -0.2) is 23.0 Å². The van der Waals surface area contributed by atoms with Crippen molar-refractivity contribution in [1.82, 2.24) is 5.43 Å². The van der Waals surface area contributed by atoms with E-state index in [2.05, 4.69) is 5.10 Å². The highest BCUT2D eigenvalue weighted by Gasteiger charge is 2.17. The molecule has 1 amide bonds. The van der Waals surface area contributed by atoms with E-state index < -0.39 is 6.09 Å². The molecule has 1 heterocycles. The molecule has 1 aliphatic heterocycles. The van der Waals surface area contributed by atoms with Gasteiger partial charge in [0.2, 0.25) is 0 Å². The average molecular weight is 198 g/mol. The van der Waals surface area contributed by atoms with E-state index in [0.717, 1.165) is 18.6 Å². The highest BCUT2D eigenvalue weighted by molar-refractivity contribution is 5.87. The summed E-state index contributed by atoms with van der Waals surface area (Å²) in [5.74, 6) is 0.867. The lowest BCUT2D eigenvalue weighted by atomic mass is 10.1. The number of carbonyl (C=O) groups is 1. The van der Waals surface area contributed by atoms with Gasteiger partial charge in [-0.3, -0.25) is 0 Å². The number of amides is 1. The number of nitrogens with one attached hydrogen (secondary N) is 1. The van der Waals surface area contributed by atoms with Crippen LogP contribution in [0.1, 0.15) is 26.7 Å². The predicted octanol–water partition coefficient (Wildman–Crippen LogP) is 1.71. The first-order chi connectivity index (χ1) is 6.59. The largest absolute Gasteiger partial charge is 0.489 e. The molecule has 1 aliphatic rings. The minimum absolute atomic E-state index is 0.105. The molecule has 78 valence electrons. The summed E-state index contributed by atoms with van der Waals surface area (Å²) in [6.45, 7) is 3.63. The molecule has 0 aromatic rings. The molecule has 0 aromatic carbocycles. The summed E-state index contributed by atoms with van der Waals surface area (Å²) in [5.41, 5.74) is 2.62. The van der Waals surface area contributed by atoms with E-state index in [9.17, 15) is 4.79 Å². The molecule has 1 rings (SSSR count). The minimum atomic E-state index is -1.16. The Kier molecular flexibility index (Phi) is 3.50. The molecule has 1 atom stereocenters. The van der Waals surface area contributed by atoms with Crippen LogP contribution in [0.15, 0.2) is 16.9 Å². The summed E-state index contributed by atoms with van der Waals surface area (Å²) in [6.07, 6.45) is 2.53. The van der Waals surface area contributed by atoms with Gasteiger partial charge in [-0.15, -0.1) is 0 Å². The van der Waals surface area contributed by atoms with Gasteiger partial charge in [0.05, 0.1) is 11.5 Å². The zero-order valence-corrected chi connectivity index (χ0v) is 8.28. The standard InChI is InChI=1S/C9H14N2O3/c1-6-4-3-5-8(14-6)7(2)10-11-9(12)13/h4,8,11H,3,5H2,1-2H3,(H,12,13)/b10-7-. The van der Waals surface area contributed by atoms with Crippen molar-refractivity contribution in [1.29, 1.82) is 0 Å². The van der Waals surface area contributed by atoms with Crippen LogP contribution in [0.5, 0.6) is 0 Å². The van der Waals surface area contributed by atoms with E-state index in [4.69, 9.17) is 9.84 Å². The van der Waals surface area contributed by atoms with Crippen molar-refractivity contribution < 1.29 is 14.6 Å². The van der Waals surface area contributed by atoms with Crippen molar-refractivity contribution in [3.05, 3.63) is 11.8 Å². The van der Waals surface area contributed by atoms with Crippen molar-refractivity contribution in [2.45, 2.75) is 32.8 Å². The third-order valence-electron chi connectivity index (χ3n) is 1.98. The fraction of sp³-hybridized carbons (Fsp3) is 0.556. The molecule has 0 spiro atoms. The van der Waals surface area contributed by atoms with Crippen LogP contribution < -0.4 is 5.43 Å². The van der Waals surface area contributed by atoms with E-state index in [1.54, 1.807) is 6.92 Å². The van der Waals surface area contributed by atoms with Crippen molar-refractivity contribution in [3.8, 4) is 0 Å². The first kappa shape index (κ1) is 10.6. The molecule has 1 unspecified atom stereocenters. The molecule has 0 radical (unpaired) electrons. The number of ether oxygens (including phenoxy) is 1. The lowest BCUT2D eigenvalue weighted by Gasteiger charge is -2.22. The Morgan fingerprint density at radius 3 is 3.07 bits per heavy atom. The van der Waals surface area contributed by atoms with Gasteiger partial charge in [0.25, 0.3) is 0 Å². The van der Waals surface area contributed by atoms with Gasteiger partial charge in [-0.25, -0.2) is 10.2 Å². The minimum Gasteiger partial charge on any atom is -0.489 e.